The van der Waals surface area contributed by atoms with E-state index in [-0.39, 0.29) is 22.9 Å². The van der Waals surface area contributed by atoms with E-state index in [1.807, 2.05) is 24.4 Å². The molecule has 0 aliphatic carbocycles. The number of nitrogens with zero attached hydrogens (tertiary/aromatic N) is 2. The Bertz CT molecular complexity index is 1050. The van der Waals surface area contributed by atoms with Crippen molar-refractivity contribution in [1.29, 1.82) is 5.26 Å². The summed E-state index contributed by atoms with van der Waals surface area (Å²) in [6.07, 6.45) is 0. The number of benzene rings is 2. The summed E-state index contributed by atoms with van der Waals surface area (Å²) < 4.78 is 5.63. The molecule has 0 aliphatic rings. The Morgan fingerprint density at radius 2 is 1.96 bits per heavy atom. The van der Waals surface area contributed by atoms with Gasteiger partial charge in [-0.15, -0.1) is 11.3 Å². The highest BCUT2D eigenvalue weighted by Gasteiger charge is 2.13. The summed E-state index contributed by atoms with van der Waals surface area (Å²) in [4.78, 5) is 23.1. The summed E-state index contributed by atoms with van der Waals surface area (Å²) in [5.41, 5.74) is 1.40. The first kappa shape index (κ1) is 18.1. The van der Waals surface area contributed by atoms with Crippen LogP contribution in [0.1, 0.15) is 20.8 Å². The van der Waals surface area contributed by atoms with Crippen LogP contribution in [0.4, 0.5) is 11.4 Å². The van der Waals surface area contributed by atoms with E-state index in [0.717, 1.165) is 11.6 Å². The van der Waals surface area contributed by atoms with Gasteiger partial charge in [0.1, 0.15) is 23.1 Å². The van der Waals surface area contributed by atoms with Gasteiger partial charge in [0.2, 0.25) is 0 Å². The third-order valence-electron chi connectivity index (χ3n) is 3.70. The number of nitro groups is 1. The van der Waals surface area contributed by atoms with E-state index in [0.29, 0.717) is 16.3 Å². The molecule has 3 aromatic rings. The lowest BCUT2D eigenvalue weighted by atomic mass is 10.2. The Balaban J connectivity index is 1.73. The summed E-state index contributed by atoms with van der Waals surface area (Å²) in [5, 5.41) is 24.6. The highest BCUT2D eigenvalue weighted by molar-refractivity contribution is 7.12. The van der Waals surface area contributed by atoms with E-state index >= 15 is 0 Å². The lowest BCUT2D eigenvalue weighted by Gasteiger charge is -2.09. The second kappa shape index (κ2) is 7.68. The van der Waals surface area contributed by atoms with Crippen LogP contribution in [0, 0.1) is 28.4 Å². The van der Waals surface area contributed by atoms with Gasteiger partial charge in [0, 0.05) is 17.8 Å². The number of ether oxygens (including phenoxy) is 1. The van der Waals surface area contributed by atoms with Gasteiger partial charge in [-0.2, -0.15) is 5.26 Å². The van der Waals surface area contributed by atoms with Crippen molar-refractivity contribution in [2.75, 3.05) is 5.32 Å². The average molecular weight is 379 g/mol. The van der Waals surface area contributed by atoms with Crippen molar-refractivity contribution in [3.63, 3.8) is 0 Å². The van der Waals surface area contributed by atoms with Crippen LogP contribution in [0.2, 0.25) is 0 Å². The van der Waals surface area contributed by atoms with Crippen molar-refractivity contribution in [3.05, 3.63) is 80.0 Å². The molecule has 0 saturated carbocycles. The van der Waals surface area contributed by atoms with E-state index in [2.05, 4.69) is 5.32 Å². The molecule has 134 valence electrons. The van der Waals surface area contributed by atoms with Gasteiger partial charge in [-0.1, -0.05) is 0 Å². The summed E-state index contributed by atoms with van der Waals surface area (Å²) in [6, 6.07) is 14.2. The van der Waals surface area contributed by atoms with Crippen molar-refractivity contribution in [2.45, 2.75) is 6.92 Å². The molecule has 0 unspecified atom stereocenters. The van der Waals surface area contributed by atoms with E-state index in [1.54, 1.807) is 24.3 Å². The number of hydrogen-bond acceptors (Lipinski definition) is 6. The Labute approximate surface area is 158 Å². The Hall–Kier alpha value is -3.70. The number of nitrogens with one attached hydrogen (secondary N) is 1. The van der Waals surface area contributed by atoms with E-state index in [1.165, 1.54) is 23.5 Å². The number of aryl methyl sites for hydroxylation is 1. The standard InChI is InChI=1S/C19H13N3O4S/c1-12-8-9-27-18(12)19(23)21-14-2-5-16(6-3-14)26-17-7-4-15(22(24)25)10-13(17)11-20/h2-10H,1H3,(H,21,23). The molecule has 0 fully saturated rings. The van der Waals surface area contributed by atoms with Crippen LogP contribution in [0.15, 0.2) is 53.9 Å². The van der Waals surface area contributed by atoms with Crippen molar-refractivity contribution in [1.82, 2.24) is 0 Å². The molecule has 1 N–H and O–H groups in total. The van der Waals surface area contributed by atoms with E-state index in [4.69, 9.17) is 10.00 Å². The number of rotatable bonds is 5. The molecule has 1 heterocycles. The zero-order valence-corrected chi connectivity index (χ0v) is 14.9. The molecule has 3 rings (SSSR count). The topological polar surface area (TPSA) is 105 Å². The van der Waals surface area contributed by atoms with Gasteiger partial charge in [-0.05, 0) is 54.3 Å². The van der Waals surface area contributed by atoms with Gasteiger partial charge in [-0.25, -0.2) is 0 Å². The number of nitro benzene ring substituents is 1. The molecule has 0 radical (unpaired) electrons. The first-order valence-corrected chi connectivity index (χ1v) is 8.68. The van der Waals surface area contributed by atoms with Crippen LogP contribution in [0.3, 0.4) is 0 Å². The normalized spacial score (nSPS) is 10.1. The van der Waals surface area contributed by atoms with Crippen molar-refractivity contribution in [3.8, 4) is 17.6 Å². The van der Waals surface area contributed by atoms with Crippen LogP contribution in [0.5, 0.6) is 11.5 Å². The number of non-ortho nitro benzene ring substituents is 1. The number of carbonyl (C=O) groups excluding carboxylic acids is 1. The minimum Gasteiger partial charge on any atom is -0.456 e. The summed E-state index contributed by atoms with van der Waals surface area (Å²) in [7, 11) is 0. The van der Waals surface area contributed by atoms with Crippen LogP contribution < -0.4 is 10.1 Å². The lowest BCUT2D eigenvalue weighted by molar-refractivity contribution is -0.384. The molecular formula is C19H13N3O4S. The maximum Gasteiger partial charge on any atom is 0.271 e. The molecule has 8 heteroatoms. The number of anilines is 1. The van der Waals surface area contributed by atoms with Crippen LogP contribution in [-0.4, -0.2) is 10.8 Å². The molecule has 0 spiro atoms. The molecule has 1 amide bonds. The Kier molecular flexibility index (Phi) is 5.15. The third kappa shape index (κ3) is 4.11. The zero-order valence-electron chi connectivity index (χ0n) is 14.1. The molecule has 0 aliphatic heterocycles. The highest BCUT2D eigenvalue weighted by atomic mass is 32.1. The highest BCUT2D eigenvalue weighted by Crippen LogP contribution is 2.29. The molecule has 0 saturated heterocycles. The van der Waals surface area contributed by atoms with Crippen LogP contribution in [0.25, 0.3) is 0 Å². The molecule has 1 aromatic heterocycles. The molecular weight excluding hydrogens is 366 g/mol. The summed E-state index contributed by atoms with van der Waals surface area (Å²) >= 11 is 1.37. The van der Waals surface area contributed by atoms with Crippen LogP contribution in [-0.2, 0) is 0 Å². The third-order valence-corrected chi connectivity index (χ3v) is 4.72. The monoisotopic (exact) mass is 379 g/mol. The van der Waals surface area contributed by atoms with Gasteiger partial charge < -0.3 is 10.1 Å². The summed E-state index contributed by atoms with van der Waals surface area (Å²) in [5.74, 6) is 0.470. The number of hydrogen-bond donors (Lipinski definition) is 1. The first-order valence-electron chi connectivity index (χ1n) is 7.80. The second-order valence-electron chi connectivity index (χ2n) is 5.56. The largest absolute Gasteiger partial charge is 0.456 e. The minimum atomic E-state index is -0.572. The smallest absolute Gasteiger partial charge is 0.271 e. The lowest BCUT2D eigenvalue weighted by Crippen LogP contribution is -2.11. The van der Waals surface area contributed by atoms with E-state index < -0.39 is 4.92 Å². The Morgan fingerprint density at radius 1 is 1.22 bits per heavy atom. The molecule has 27 heavy (non-hydrogen) atoms. The fourth-order valence-electron chi connectivity index (χ4n) is 2.33. The molecule has 7 nitrogen and oxygen atoms in total. The zero-order chi connectivity index (χ0) is 19.4. The maximum absolute atomic E-state index is 12.2. The van der Waals surface area contributed by atoms with Gasteiger partial charge >= 0.3 is 0 Å². The molecule has 2 aromatic carbocycles. The summed E-state index contributed by atoms with van der Waals surface area (Å²) in [6.45, 7) is 1.87. The van der Waals surface area contributed by atoms with Crippen molar-refractivity contribution >= 4 is 28.6 Å². The maximum atomic E-state index is 12.2. The number of nitriles is 1. The SMILES string of the molecule is Cc1ccsc1C(=O)Nc1ccc(Oc2ccc([N+](=O)[O-])cc2C#N)cc1. The molecule has 0 atom stereocenters. The van der Waals surface area contributed by atoms with Gasteiger partial charge in [0.25, 0.3) is 11.6 Å². The predicted molar refractivity (Wildman–Crippen MR) is 101 cm³/mol. The number of carbonyl (C=O) groups is 1. The number of thiophene rings is 1. The number of amides is 1. The van der Waals surface area contributed by atoms with Crippen molar-refractivity contribution < 1.29 is 14.5 Å². The quantitative estimate of drug-likeness (QED) is 0.502. The van der Waals surface area contributed by atoms with Gasteiger partial charge in [0.15, 0.2) is 0 Å². The Morgan fingerprint density at radius 3 is 2.56 bits per heavy atom. The van der Waals surface area contributed by atoms with Gasteiger partial charge in [0.05, 0.1) is 9.80 Å². The average Bonchev–Trinajstić information content (AvgIpc) is 3.09. The fourth-order valence-corrected chi connectivity index (χ4v) is 3.15. The second-order valence-corrected chi connectivity index (χ2v) is 6.48. The fraction of sp³-hybridized carbons (Fsp3) is 0.0526. The van der Waals surface area contributed by atoms with Gasteiger partial charge in [-0.3, -0.25) is 14.9 Å². The predicted octanol–water partition coefficient (Wildman–Crippen LogP) is 4.88. The van der Waals surface area contributed by atoms with E-state index in [9.17, 15) is 14.9 Å². The van der Waals surface area contributed by atoms with Crippen molar-refractivity contribution in [2.24, 2.45) is 0 Å². The molecule has 0 bridgehead atoms. The minimum absolute atomic E-state index is 0.0646. The first-order chi connectivity index (χ1) is 13.0. The van der Waals surface area contributed by atoms with Crippen LogP contribution >= 0.6 is 11.3 Å².